The molecule has 1 fully saturated rings. The Balaban J connectivity index is 2.34. The van der Waals surface area contributed by atoms with Crippen LogP contribution in [0.25, 0.3) is 0 Å². The van der Waals surface area contributed by atoms with Gasteiger partial charge in [-0.25, -0.2) is 0 Å². The lowest BCUT2D eigenvalue weighted by atomic mass is 10.3. The van der Waals surface area contributed by atoms with Crippen LogP contribution in [0.5, 0.6) is 0 Å². The molecular formula is C10H10BrCl2N. The molecule has 0 aliphatic carbocycles. The molecule has 0 atom stereocenters. The summed E-state index contributed by atoms with van der Waals surface area (Å²) in [5, 5.41) is 1.36. The quantitative estimate of drug-likeness (QED) is 0.696. The minimum Gasteiger partial charge on any atom is -0.371 e. The fourth-order valence-electron chi connectivity index (χ4n) is 1.70. The van der Waals surface area contributed by atoms with E-state index in [1.54, 1.807) is 0 Å². The van der Waals surface area contributed by atoms with Crippen LogP contribution in [0.15, 0.2) is 16.6 Å². The summed E-state index contributed by atoms with van der Waals surface area (Å²) in [4.78, 5) is 2.31. The van der Waals surface area contributed by atoms with Crippen LogP contribution < -0.4 is 4.90 Å². The number of nitrogens with zero attached hydrogens (tertiary/aromatic N) is 1. The van der Waals surface area contributed by atoms with Crippen molar-refractivity contribution in [2.75, 3.05) is 18.0 Å². The van der Waals surface area contributed by atoms with Gasteiger partial charge >= 0.3 is 0 Å². The molecule has 1 heterocycles. The number of benzene rings is 1. The van der Waals surface area contributed by atoms with Crippen LogP contribution in [-0.4, -0.2) is 13.1 Å². The fourth-order valence-corrected chi connectivity index (χ4v) is 2.40. The van der Waals surface area contributed by atoms with Crippen LogP contribution in [0.1, 0.15) is 12.8 Å². The van der Waals surface area contributed by atoms with Crippen molar-refractivity contribution in [2.45, 2.75) is 12.8 Å². The Morgan fingerprint density at radius 1 is 1.07 bits per heavy atom. The van der Waals surface area contributed by atoms with Gasteiger partial charge in [0.15, 0.2) is 0 Å². The summed E-state index contributed by atoms with van der Waals surface area (Å²) in [6.45, 7) is 2.21. The molecule has 1 saturated heterocycles. The van der Waals surface area contributed by atoms with Gasteiger partial charge in [-0.05, 0) is 40.9 Å². The van der Waals surface area contributed by atoms with Crippen molar-refractivity contribution in [1.29, 1.82) is 0 Å². The third kappa shape index (κ3) is 2.02. The second-order valence-electron chi connectivity index (χ2n) is 3.42. The van der Waals surface area contributed by atoms with E-state index in [-0.39, 0.29) is 0 Å². The molecule has 2 rings (SSSR count). The maximum atomic E-state index is 6.04. The molecule has 0 spiro atoms. The first kappa shape index (κ1) is 10.6. The number of halogens is 3. The lowest BCUT2D eigenvalue weighted by Gasteiger charge is -2.18. The maximum Gasteiger partial charge on any atom is 0.0583 e. The van der Waals surface area contributed by atoms with Gasteiger partial charge < -0.3 is 4.90 Å². The molecular weight excluding hydrogens is 285 g/mol. The largest absolute Gasteiger partial charge is 0.371 e. The van der Waals surface area contributed by atoms with Crippen LogP contribution in [0.3, 0.4) is 0 Å². The van der Waals surface area contributed by atoms with Crippen molar-refractivity contribution in [1.82, 2.24) is 0 Å². The average molecular weight is 295 g/mol. The Morgan fingerprint density at radius 3 is 2.07 bits per heavy atom. The van der Waals surface area contributed by atoms with Gasteiger partial charge in [0.2, 0.25) is 0 Å². The van der Waals surface area contributed by atoms with E-state index in [0.717, 1.165) is 23.2 Å². The predicted molar refractivity (Wildman–Crippen MR) is 65.6 cm³/mol. The van der Waals surface area contributed by atoms with E-state index in [2.05, 4.69) is 20.8 Å². The third-order valence-electron chi connectivity index (χ3n) is 2.44. The predicted octanol–water partition coefficient (Wildman–Crippen LogP) is 4.36. The lowest BCUT2D eigenvalue weighted by Crippen LogP contribution is -2.17. The molecule has 1 nitrogen and oxygen atoms in total. The fraction of sp³-hybridized carbons (Fsp3) is 0.400. The first-order valence-corrected chi connectivity index (χ1v) is 6.13. The summed E-state index contributed by atoms with van der Waals surface area (Å²) in [7, 11) is 0. The van der Waals surface area contributed by atoms with Gasteiger partial charge in [-0.3, -0.25) is 0 Å². The van der Waals surface area contributed by atoms with E-state index in [1.807, 2.05) is 12.1 Å². The van der Waals surface area contributed by atoms with Gasteiger partial charge in [0.25, 0.3) is 0 Å². The molecule has 1 aliphatic rings. The standard InChI is InChI=1S/C10H10BrCl2N/c11-10-8(12)5-7(6-9(10)13)14-3-1-2-4-14/h5-6H,1-4H2. The highest BCUT2D eigenvalue weighted by atomic mass is 79.9. The molecule has 0 amide bonds. The molecule has 0 radical (unpaired) electrons. The highest BCUT2D eigenvalue weighted by molar-refractivity contribution is 9.10. The van der Waals surface area contributed by atoms with E-state index in [4.69, 9.17) is 23.2 Å². The molecule has 14 heavy (non-hydrogen) atoms. The molecule has 0 saturated carbocycles. The second kappa shape index (κ2) is 4.30. The average Bonchev–Trinajstić information content (AvgIpc) is 2.66. The van der Waals surface area contributed by atoms with E-state index in [0.29, 0.717) is 10.0 Å². The maximum absolute atomic E-state index is 6.04. The summed E-state index contributed by atoms with van der Waals surface area (Å²) < 4.78 is 0.781. The SMILES string of the molecule is Clc1cc(N2CCCC2)cc(Cl)c1Br. The molecule has 0 unspecified atom stereocenters. The monoisotopic (exact) mass is 293 g/mol. The second-order valence-corrected chi connectivity index (χ2v) is 5.02. The zero-order chi connectivity index (χ0) is 10.1. The number of hydrogen-bond donors (Lipinski definition) is 0. The molecule has 1 aromatic rings. The van der Waals surface area contributed by atoms with Crippen LogP contribution in [0, 0.1) is 0 Å². The van der Waals surface area contributed by atoms with Crippen LogP contribution in [0.4, 0.5) is 5.69 Å². The van der Waals surface area contributed by atoms with Crippen molar-refractivity contribution < 1.29 is 0 Å². The summed E-state index contributed by atoms with van der Waals surface area (Å²) in [5.41, 5.74) is 1.13. The Labute approximate surface area is 102 Å². The smallest absolute Gasteiger partial charge is 0.0583 e. The molecule has 0 aromatic heterocycles. The molecule has 1 aliphatic heterocycles. The minimum absolute atomic E-state index is 0.680. The van der Waals surface area contributed by atoms with Crippen molar-refractivity contribution in [2.24, 2.45) is 0 Å². The van der Waals surface area contributed by atoms with E-state index in [1.165, 1.54) is 12.8 Å². The van der Waals surface area contributed by atoms with Gasteiger partial charge in [-0.2, -0.15) is 0 Å². The number of anilines is 1. The van der Waals surface area contributed by atoms with Crippen LogP contribution in [0.2, 0.25) is 10.0 Å². The topological polar surface area (TPSA) is 3.24 Å². The van der Waals surface area contributed by atoms with E-state index >= 15 is 0 Å². The molecule has 0 N–H and O–H groups in total. The van der Waals surface area contributed by atoms with Crippen molar-refractivity contribution in [3.05, 3.63) is 26.7 Å². The van der Waals surface area contributed by atoms with Crippen LogP contribution >= 0.6 is 39.1 Å². The Morgan fingerprint density at radius 2 is 1.57 bits per heavy atom. The molecule has 0 bridgehead atoms. The van der Waals surface area contributed by atoms with E-state index in [9.17, 15) is 0 Å². The van der Waals surface area contributed by atoms with Crippen LogP contribution in [-0.2, 0) is 0 Å². The zero-order valence-electron chi connectivity index (χ0n) is 7.56. The Bertz CT molecular complexity index is 325. The van der Waals surface area contributed by atoms with Crippen molar-refractivity contribution in [3.8, 4) is 0 Å². The van der Waals surface area contributed by atoms with Crippen molar-refractivity contribution >= 4 is 44.8 Å². The van der Waals surface area contributed by atoms with E-state index < -0.39 is 0 Å². The highest BCUT2D eigenvalue weighted by Gasteiger charge is 2.14. The van der Waals surface area contributed by atoms with Gasteiger partial charge in [0.1, 0.15) is 0 Å². The normalized spacial score (nSPS) is 16.4. The summed E-state index contributed by atoms with van der Waals surface area (Å²) in [6, 6.07) is 3.92. The molecule has 4 heteroatoms. The molecule has 76 valence electrons. The van der Waals surface area contributed by atoms with Gasteiger partial charge in [-0.15, -0.1) is 0 Å². The first-order valence-electron chi connectivity index (χ1n) is 4.58. The third-order valence-corrected chi connectivity index (χ3v) is 4.35. The van der Waals surface area contributed by atoms with Gasteiger partial charge in [-0.1, -0.05) is 23.2 Å². The lowest BCUT2D eigenvalue weighted by molar-refractivity contribution is 0.949. The first-order chi connectivity index (χ1) is 6.68. The summed E-state index contributed by atoms with van der Waals surface area (Å²) in [6.07, 6.45) is 2.51. The Hall–Kier alpha value is 0.0800. The molecule has 1 aromatic carbocycles. The summed E-state index contributed by atoms with van der Waals surface area (Å²) in [5.74, 6) is 0. The van der Waals surface area contributed by atoms with Crippen molar-refractivity contribution in [3.63, 3.8) is 0 Å². The Kier molecular flexibility index (Phi) is 3.25. The van der Waals surface area contributed by atoms with Gasteiger partial charge in [0.05, 0.1) is 14.5 Å². The minimum atomic E-state index is 0.680. The highest BCUT2D eigenvalue weighted by Crippen LogP contribution is 2.35. The van der Waals surface area contributed by atoms with Gasteiger partial charge in [0, 0.05) is 18.8 Å². The number of rotatable bonds is 1. The number of hydrogen-bond acceptors (Lipinski definition) is 1. The summed E-state index contributed by atoms with van der Waals surface area (Å²) >= 11 is 15.4. The zero-order valence-corrected chi connectivity index (χ0v) is 10.7.